The van der Waals surface area contributed by atoms with Crippen molar-refractivity contribution in [3.05, 3.63) is 71.0 Å². The molecule has 0 aliphatic carbocycles. The predicted molar refractivity (Wildman–Crippen MR) is 102 cm³/mol. The highest BCUT2D eigenvalue weighted by Gasteiger charge is 2.17. The van der Waals surface area contributed by atoms with E-state index < -0.39 is 0 Å². The molecule has 2 aromatic carbocycles. The summed E-state index contributed by atoms with van der Waals surface area (Å²) in [6, 6.07) is 15.6. The molecule has 0 N–H and O–H groups in total. The van der Waals surface area contributed by atoms with Gasteiger partial charge in [-0.25, -0.2) is 4.68 Å². The van der Waals surface area contributed by atoms with Gasteiger partial charge in [0.25, 0.3) is 0 Å². The Kier molecular flexibility index (Phi) is 4.60. The van der Waals surface area contributed by atoms with Gasteiger partial charge in [-0.15, -0.1) is 10.2 Å². The second-order valence-corrected chi connectivity index (χ2v) is 6.40. The van der Waals surface area contributed by atoms with Crippen LogP contribution >= 0.6 is 11.6 Å². The Morgan fingerprint density at radius 1 is 1.07 bits per heavy atom. The molecule has 27 heavy (non-hydrogen) atoms. The fraction of sp³-hybridized carbons (Fsp3) is 0.158. The summed E-state index contributed by atoms with van der Waals surface area (Å²) >= 11 is 6.54. The van der Waals surface area contributed by atoms with Crippen LogP contribution in [-0.2, 0) is 6.54 Å². The number of benzene rings is 2. The lowest BCUT2D eigenvalue weighted by atomic mass is 10.2. The molecule has 0 aliphatic rings. The van der Waals surface area contributed by atoms with Crippen LogP contribution < -0.4 is 4.74 Å². The van der Waals surface area contributed by atoms with Crippen molar-refractivity contribution in [3.63, 3.8) is 0 Å². The Bertz CT molecular complexity index is 1070. The molecular weight excluding hydrogens is 364 g/mol. The van der Waals surface area contributed by atoms with Gasteiger partial charge in [0.05, 0.1) is 31.1 Å². The summed E-state index contributed by atoms with van der Waals surface area (Å²) in [7, 11) is 1.64. The van der Waals surface area contributed by atoms with E-state index in [-0.39, 0.29) is 0 Å². The van der Waals surface area contributed by atoms with Gasteiger partial charge in [0.1, 0.15) is 10.9 Å². The Morgan fingerprint density at radius 3 is 2.59 bits per heavy atom. The third-order valence-electron chi connectivity index (χ3n) is 4.23. The molecule has 0 aliphatic heterocycles. The van der Waals surface area contributed by atoms with Crippen molar-refractivity contribution in [2.75, 3.05) is 7.11 Å². The van der Waals surface area contributed by atoms with Gasteiger partial charge in [-0.2, -0.15) is 9.90 Å². The number of para-hydroxylation sites is 1. The lowest BCUT2D eigenvalue weighted by Gasteiger charge is -2.06. The number of halogens is 1. The van der Waals surface area contributed by atoms with Crippen LogP contribution in [-0.4, -0.2) is 37.1 Å². The molecule has 0 spiro atoms. The monoisotopic (exact) mass is 380 g/mol. The summed E-state index contributed by atoms with van der Waals surface area (Å²) in [4.78, 5) is 1.53. The summed E-state index contributed by atoms with van der Waals surface area (Å²) in [5, 5.41) is 17.5. The lowest BCUT2D eigenvalue weighted by molar-refractivity contribution is 0.414. The summed E-state index contributed by atoms with van der Waals surface area (Å²) < 4.78 is 6.84. The standard InChI is InChI=1S/C19H17ClN6O/c1-13-5-3-4-6-17(13)26-18(20)16(11-21-26)19-22-24-25(23-19)12-14-7-9-15(27-2)10-8-14/h3-11H,12H2,1-2H3. The van der Waals surface area contributed by atoms with Crippen LogP contribution in [0.3, 0.4) is 0 Å². The molecule has 0 radical (unpaired) electrons. The zero-order valence-electron chi connectivity index (χ0n) is 14.9. The van der Waals surface area contributed by atoms with Crippen molar-refractivity contribution in [1.82, 2.24) is 30.0 Å². The number of aromatic nitrogens is 6. The van der Waals surface area contributed by atoms with Gasteiger partial charge in [0.15, 0.2) is 0 Å². The molecule has 0 saturated heterocycles. The number of hydrogen-bond acceptors (Lipinski definition) is 5. The van der Waals surface area contributed by atoms with E-state index in [1.54, 1.807) is 18.0 Å². The summed E-state index contributed by atoms with van der Waals surface area (Å²) in [6.45, 7) is 2.51. The fourth-order valence-corrected chi connectivity index (χ4v) is 3.03. The quantitative estimate of drug-likeness (QED) is 0.529. The molecule has 4 aromatic rings. The van der Waals surface area contributed by atoms with Gasteiger partial charge in [-0.05, 0) is 41.5 Å². The maximum Gasteiger partial charge on any atom is 0.209 e. The van der Waals surface area contributed by atoms with Crippen LogP contribution in [0.4, 0.5) is 0 Å². The van der Waals surface area contributed by atoms with E-state index in [1.165, 1.54) is 4.80 Å². The highest BCUT2D eigenvalue weighted by atomic mass is 35.5. The van der Waals surface area contributed by atoms with Crippen LogP contribution in [0, 0.1) is 6.92 Å². The maximum atomic E-state index is 6.54. The molecule has 0 fully saturated rings. The lowest BCUT2D eigenvalue weighted by Crippen LogP contribution is -2.04. The largest absolute Gasteiger partial charge is 0.497 e. The highest BCUT2D eigenvalue weighted by Crippen LogP contribution is 2.28. The average Bonchev–Trinajstić information content (AvgIpc) is 3.29. The number of rotatable bonds is 5. The minimum Gasteiger partial charge on any atom is -0.497 e. The molecule has 136 valence electrons. The molecule has 0 bridgehead atoms. The van der Waals surface area contributed by atoms with Crippen molar-refractivity contribution in [3.8, 4) is 22.8 Å². The van der Waals surface area contributed by atoms with Gasteiger partial charge in [0, 0.05) is 0 Å². The second-order valence-electron chi connectivity index (χ2n) is 6.04. The van der Waals surface area contributed by atoms with Crippen molar-refractivity contribution < 1.29 is 4.74 Å². The van der Waals surface area contributed by atoms with Gasteiger partial charge in [0.2, 0.25) is 5.82 Å². The first-order chi connectivity index (χ1) is 13.2. The molecule has 0 atom stereocenters. The number of nitrogens with zero attached hydrogens (tertiary/aromatic N) is 6. The van der Waals surface area contributed by atoms with E-state index in [0.29, 0.717) is 23.1 Å². The average molecular weight is 381 g/mol. The van der Waals surface area contributed by atoms with Gasteiger partial charge in [-0.3, -0.25) is 0 Å². The molecule has 2 heterocycles. The van der Waals surface area contributed by atoms with E-state index in [0.717, 1.165) is 22.6 Å². The van der Waals surface area contributed by atoms with Gasteiger partial charge < -0.3 is 4.74 Å². The van der Waals surface area contributed by atoms with Crippen LogP contribution in [0.15, 0.2) is 54.7 Å². The molecule has 7 nitrogen and oxygen atoms in total. The third-order valence-corrected chi connectivity index (χ3v) is 4.59. The van der Waals surface area contributed by atoms with Crippen LogP contribution in [0.25, 0.3) is 17.1 Å². The van der Waals surface area contributed by atoms with E-state index in [4.69, 9.17) is 16.3 Å². The molecule has 4 rings (SSSR count). The summed E-state index contributed by atoms with van der Waals surface area (Å²) in [5.74, 6) is 1.25. The zero-order valence-corrected chi connectivity index (χ0v) is 15.6. The first kappa shape index (κ1) is 17.2. The Hall–Kier alpha value is -3.19. The SMILES string of the molecule is COc1ccc(Cn2nnc(-c3cnn(-c4ccccc4C)c3Cl)n2)cc1. The second kappa shape index (κ2) is 7.20. The minimum absolute atomic E-state index is 0.438. The summed E-state index contributed by atoms with van der Waals surface area (Å²) in [6.07, 6.45) is 1.66. The predicted octanol–water partition coefficient (Wildman–Crippen LogP) is 3.54. The number of methoxy groups -OCH3 is 1. The van der Waals surface area contributed by atoms with Crippen molar-refractivity contribution in [2.45, 2.75) is 13.5 Å². The number of hydrogen-bond donors (Lipinski definition) is 0. The topological polar surface area (TPSA) is 70.7 Å². The van der Waals surface area contributed by atoms with Crippen molar-refractivity contribution in [1.29, 1.82) is 0 Å². The smallest absolute Gasteiger partial charge is 0.209 e. The number of aryl methyl sites for hydroxylation is 1. The molecule has 0 saturated carbocycles. The van der Waals surface area contributed by atoms with E-state index in [9.17, 15) is 0 Å². The Labute approximate surface area is 161 Å². The van der Waals surface area contributed by atoms with E-state index in [1.807, 2.05) is 55.5 Å². The number of tetrazole rings is 1. The van der Waals surface area contributed by atoms with E-state index in [2.05, 4.69) is 20.5 Å². The van der Waals surface area contributed by atoms with Crippen LogP contribution in [0.2, 0.25) is 5.15 Å². The third kappa shape index (κ3) is 3.41. The minimum atomic E-state index is 0.438. The number of ether oxygens (including phenoxy) is 1. The fourth-order valence-electron chi connectivity index (χ4n) is 2.76. The Morgan fingerprint density at radius 2 is 1.85 bits per heavy atom. The first-order valence-corrected chi connectivity index (χ1v) is 8.74. The molecule has 2 aromatic heterocycles. The van der Waals surface area contributed by atoms with E-state index >= 15 is 0 Å². The zero-order chi connectivity index (χ0) is 18.8. The highest BCUT2D eigenvalue weighted by molar-refractivity contribution is 6.32. The first-order valence-electron chi connectivity index (χ1n) is 8.36. The summed E-state index contributed by atoms with van der Waals surface area (Å²) in [5.41, 5.74) is 3.67. The molecule has 0 unspecified atom stereocenters. The molecular formula is C19H17ClN6O. The Balaban J connectivity index is 1.59. The van der Waals surface area contributed by atoms with Crippen molar-refractivity contribution in [2.24, 2.45) is 0 Å². The van der Waals surface area contributed by atoms with Gasteiger partial charge >= 0.3 is 0 Å². The maximum absolute atomic E-state index is 6.54. The molecule has 8 heteroatoms. The normalized spacial score (nSPS) is 10.9. The van der Waals surface area contributed by atoms with Gasteiger partial charge in [-0.1, -0.05) is 41.9 Å². The molecule has 0 amide bonds. The van der Waals surface area contributed by atoms with Crippen LogP contribution in [0.1, 0.15) is 11.1 Å². The van der Waals surface area contributed by atoms with Crippen molar-refractivity contribution >= 4 is 11.6 Å². The van der Waals surface area contributed by atoms with Crippen LogP contribution in [0.5, 0.6) is 5.75 Å².